The number of anilines is 2. The van der Waals surface area contributed by atoms with Crippen molar-refractivity contribution in [3.63, 3.8) is 0 Å². The van der Waals surface area contributed by atoms with Crippen LogP contribution in [0, 0.1) is 0 Å². The molecular formula is C23H25N3O2. The molecule has 0 atom stereocenters. The van der Waals surface area contributed by atoms with E-state index in [9.17, 15) is 4.79 Å². The molecule has 0 fully saturated rings. The highest BCUT2D eigenvalue weighted by Gasteiger charge is 2.06. The molecular weight excluding hydrogens is 350 g/mol. The molecule has 2 aromatic carbocycles. The van der Waals surface area contributed by atoms with E-state index in [1.54, 1.807) is 18.5 Å². The summed E-state index contributed by atoms with van der Waals surface area (Å²) in [6, 6.07) is 19.6. The van der Waals surface area contributed by atoms with E-state index in [0.717, 1.165) is 35.5 Å². The number of unbranched alkanes of at least 4 members (excludes halogenated alkanes) is 1. The van der Waals surface area contributed by atoms with Gasteiger partial charge in [0.05, 0.1) is 17.4 Å². The molecule has 0 spiro atoms. The van der Waals surface area contributed by atoms with Crippen LogP contribution in [0.3, 0.4) is 0 Å². The highest BCUT2D eigenvalue weighted by molar-refractivity contribution is 5.94. The molecule has 3 rings (SSSR count). The number of carbonyl (C=O) groups excluding carboxylic acids is 1. The molecule has 2 N–H and O–H groups in total. The smallest absolute Gasteiger partial charge is 0.252 e. The maximum atomic E-state index is 12.2. The van der Waals surface area contributed by atoms with Crippen LogP contribution in [-0.4, -0.2) is 17.4 Å². The number of amides is 1. The van der Waals surface area contributed by atoms with Gasteiger partial charge in [0.2, 0.25) is 0 Å². The van der Waals surface area contributed by atoms with Gasteiger partial charge in [0.1, 0.15) is 12.4 Å². The Morgan fingerprint density at radius 2 is 1.79 bits per heavy atom. The van der Waals surface area contributed by atoms with Crippen molar-refractivity contribution in [2.24, 2.45) is 0 Å². The van der Waals surface area contributed by atoms with Crippen molar-refractivity contribution >= 4 is 17.3 Å². The van der Waals surface area contributed by atoms with Gasteiger partial charge < -0.3 is 15.4 Å². The molecule has 0 saturated carbocycles. The molecule has 0 bridgehead atoms. The molecule has 5 nitrogen and oxygen atoms in total. The average molecular weight is 375 g/mol. The average Bonchev–Trinajstić information content (AvgIpc) is 2.74. The molecule has 0 radical (unpaired) electrons. The van der Waals surface area contributed by atoms with Crippen LogP contribution in [-0.2, 0) is 6.61 Å². The maximum absolute atomic E-state index is 12.2. The molecule has 3 aromatic rings. The summed E-state index contributed by atoms with van der Waals surface area (Å²) in [5.41, 5.74) is 3.34. The van der Waals surface area contributed by atoms with Crippen molar-refractivity contribution in [3.8, 4) is 5.75 Å². The van der Waals surface area contributed by atoms with Gasteiger partial charge in [-0.1, -0.05) is 43.7 Å². The Morgan fingerprint density at radius 1 is 1.00 bits per heavy atom. The number of aromatic nitrogens is 1. The van der Waals surface area contributed by atoms with Crippen molar-refractivity contribution in [2.75, 3.05) is 11.9 Å². The fourth-order valence-corrected chi connectivity index (χ4v) is 2.66. The number of rotatable bonds is 9. The van der Waals surface area contributed by atoms with Gasteiger partial charge in [0.15, 0.2) is 0 Å². The molecule has 0 aliphatic heterocycles. The fraction of sp³-hybridized carbons (Fsp3) is 0.217. The zero-order chi connectivity index (χ0) is 19.6. The predicted octanol–water partition coefficient (Wildman–Crippen LogP) is 4.93. The minimum atomic E-state index is -0.103. The first-order valence-corrected chi connectivity index (χ1v) is 9.51. The standard InChI is InChI=1S/C23H25N3O2/c1-2-3-13-25-23(27)19-14-21(16-24-15-19)26-20-9-11-22(12-10-20)28-17-18-7-5-4-6-8-18/h4-12,14-16,26H,2-3,13,17H2,1H3,(H,25,27). The number of carbonyl (C=O) groups is 1. The molecule has 1 amide bonds. The summed E-state index contributed by atoms with van der Waals surface area (Å²) >= 11 is 0. The SMILES string of the molecule is CCCCNC(=O)c1cncc(Nc2ccc(OCc3ccccc3)cc2)c1. The van der Waals surface area contributed by atoms with Crippen LogP contribution in [0.5, 0.6) is 5.75 Å². The van der Waals surface area contributed by atoms with E-state index in [4.69, 9.17) is 4.74 Å². The molecule has 0 aliphatic carbocycles. The van der Waals surface area contributed by atoms with Crippen molar-refractivity contribution < 1.29 is 9.53 Å². The number of nitrogens with one attached hydrogen (secondary N) is 2. The molecule has 28 heavy (non-hydrogen) atoms. The van der Waals surface area contributed by atoms with Gasteiger partial charge in [0.25, 0.3) is 5.91 Å². The van der Waals surface area contributed by atoms with Crippen LogP contribution in [0.4, 0.5) is 11.4 Å². The van der Waals surface area contributed by atoms with E-state index >= 15 is 0 Å². The third kappa shape index (κ3) is 5.84. The van der Waals surface area contributed by atoms with E-state index in [0.29, 0.717) is 18.7 Å². The van der Waals surface area contributed by atoms with Crippen molar-refractivity contribution in [3.05, 3.63) is 84.2 Å². The lowest BCUT2D eigenvalue weighted by Gasteiger charge is -2.10. The third-order valence-corrected chi connectivity index (χ3v) is 4.21. The van der Waals surface area contributed by atoms with Gasteiger partial charge in [-0.05, 0) is 42.3 Å². The Kier molecular flexibility index (Phi) is 7.01. The Balaban J connectivity index is 1.56. The Bertz CT molecular complexity index is 880. The molecule has 1 aromatic heterocycles. The molecule has 5 heteroatoms. The summed E-state index contributed by atoms with van der Waals surface area (Å²) in [6.07, 6.45) is 5.29. The van der Waals surface area contributed by atoms with Crippen molar-refractivity contribution in [1.82, 2.24) is 10.3 Å². The number of ether oxygens (including phenoxy) is 1. The van der Waals surface area contributed by atoms with Gasteiger partial charge >= 0.3 is 0 Å². The number of hydrogen-bond donors (Lipinski definition) is 2. The van der Waals surface area contributed by atoms with Gasteiger partial charge in [-0.15, -0.1) is 0 Å². The van der Waals surface area contributed by atoms with E-state index in [-0.39, 0.29) is 5.91 Å². The minimum Gasteiger partial charge on any atom is -0.489 e. The Morgan fingerprint density at radius 3 is 2.54 bits per heavy atom. The van der Waals surface area contributed by atoms with Crippen molar-refractivity contribution in [2.45, 2.75) is 26.4 Å². The molecule has 144 valence electrons. The molecule has 0 aliphatic rings. The van der Waals surface area contributed by atoms with Crippen LogP contribution in [0.15, 0.2) is 73.1 Å². The lowest BCUT2D eigenvalue weighted by molar-refractivity contribution is 0.0953. The molecule has 0 unspecified atom stereocenters. The van der Waals surface area contributed by atoms with E-state index in [2.05, 4.69) is 22.5 Å². The van der Waals surface area contributed by atoms with E-state index < -0.39 is 0 Å². The highest BCUT2D eigenvalue weighted by Crippen LogP contribution is 2.21. The number of pyridine rings is 1. The second-order valence-electron chi connectivity index (χ2n) is 6.50. The van der Waals surface area contributed by atoms with Gasteiger partial charge in [-0.2, -0.15) is 0 Å². The molecule has 1 heterocycles. The van der Waals surface area contributed by atoms with Crippen LogP contribution < -0.4 is 15.4 Å². The predicted molar refractivity (Wildman–Crippen MR) is 112 cm³/mol. The lowest BCUT2D eigenvalue weighted by atomic mass is 10.2. The normalized spacial score (nSPS) is 10.3. The molecule has 0 saturated heterocycles. The maximum Gasteiger partial charge on any atom is 0.252 e. The summed E-state index contributed by atoms with van der Waals surface area (Å²) in [7, 11) is 0. The second-order valence-corrected chi connectivity index (χ2v) is 6.50. The zero-order valence-electron chi connectivity index (χ0n) is 16.0. The number of hydrogen-bond acceptors (Lipinski definition) is 4. The summed E-state index contributed by atoms with van der Waals surface area (Å²) in [5.74, 6) is 0.700. The van der Waals surface area contributed by atoms with Crippen LogP contribution in [0.1, 0.15) is 35.7 Å². The fourth-order valence-electron chi connectivity index (χ4n) is 2.66. The van der Waals surface area contributed by atoms with Gasteiger partial charge in [-0.3, -0.25) is 9.78 Å². The van der Waals surface area contributed by atoms with Crippen molar-refractivity contribution in [1.29, 1.82) is 0 Å². The summed E-state index contributed by atoms with van der Waals surface area (Å²) in [6.45, 7) is 3.31. The number of benzene rings is 2. The van der Waals surface area contributed by atoms with Crippen LogP contribution >= 0.6 is 0 Å². The first-order valence-electron chi connectivity index (χ1n) is 9.51. The number of nitrogens with zero attached hydrogens (tertiary/aromatic N) is 1. The Hall–Kier alpha value is -3.34. The first kappa shape index (κ1) is 19.4. The van der Waals surface area contributed by atoms with E-state index in [1.807, 2.05) is 54.6 Å². The Labute approximate surface area is 165 Å². The van der Waals surface area contributed by atoms with Crippen LogP contribution in [0.2, 0.25) is 0 Å². The summed E-state index contributed by atoms with van der Waals surface area (Å²) < 4.78 is 5.80. The highest BCUT2D eigenvalue weighted by atomic mass is 16.5. The second kappa shape index (κ2) is 10.1. The quantitative estimate of drug-likeness (QED) is 0.520. The first-order chi connectivity index (χ1) is 13.7. The largest absolute Gasteiger partial charge is 0.489 e. The van der Waals surface area contributed by atoms with E-state index in [1.165, 1.54) is 0 Å². The summed E-state index contributed by atoms with van der Waals surface area (Å²) in [5, 5.41) is 6.17. The summed E-state index contributed by atoms with van der Waals surface area (Å²) in [4.78, 5) is 16.3. The zero-order valence-corrected chi connectivity index (χ0v) is 16.0. The van der Waals surface area contributed by atoms with Gasteiger partial charge in [-0.25, -0.2) is 0 Å². The monoisotopic (exact) mass is 375 g/mol. The lowest BCUT2D eigenvalue weighted by Crippen LogP contribution is -2.24. The van der Waals surface area contributed by atoms with Crippen LogP contribution in [0.25, 0.3) is 0 Å². The third-order valence-electron chi connectivity index (χ3n) is 4.21. The topological polar surface area (TPSA) is 63.2 Å². The minimum absolute atomic E-state index is 0.103. The van der Waals surface area contributed by atoms with Gasteiger partial charge in [0, 0.05) is 18.4 Å².